The highest BCUT2D eigenvalue weighted by atomic mass is 16.2. The van der Waals surface area contributed by atoms with Crippen LogP contribution in [0.2, 0.25) is 0 Å². The summed E-state index contributed by atoms with van der Waals surface area (Å²) in [6, 6.07) is 7.68. The fraction of sp³-hybridized carbons (Fsp3) is 0.400. The predicted molar refractivity (Wildman–Crippen MR) is 79.7 cm³/mol. The fourth-order valence-electron chi connectivity index (χ4n) is 2.73. The highest BCUT2D eigenvalue weighted by Gasteiger charge is 2.26. The molecule has 1 aliphatic heterocycles. The molecule has 21 heavy (non-hydrogen) atoms. The Bertz CT molecular complexity index is 671. The Kier molecular flexibility index (Phi) is 3.60. The van der Waals surface area contributed by atoms with Gasteiger partial charge in [-0.1, -0.05) is 12.1 Å². The monoisotopic (exact) mass is 286 g/mol. The molecule has 2 aromatic rings. The summed E-state index contributed by atoms with van der Waals surface area (Å²) >= 11 is 0. The number of hydrogen-bond acceptors (Lipinski definition) is 3. The molecule has 0 atom stereocenters. The van der Waals surface area contributed by atoms with Gasteiger partial charge in [-0.25, -0.2) is 0 Å². The molecule has 1 aliphatic rings. The molecule has 3 rings (SSSR count). The van der Waals surface area contributed by atoms with Crippen LogP contribution in [0.4, 0.5) is 5.82 Å². The number of amides is 2. The van der Waals surface area contributed by atoms with Crippen LogP contribution in [0.15, 0.2) is 24.3 Å². The number of nitrogens with zero attached hydrogens (tertiary/aromatic N) is 2. The fourth-order valence-corrected chi connectivity index (χ4v) is 2.73. The van der Waals surface area contributed by atoms with Gasteiger partial charge in [-0.05, 0) is 25.0 Å². The molecule has 1 aromatic carbocycles. The van der Waals surface area contributed by atoms with Crippen LogP contribution in [0.25, 0.3) is 10.9 Å². The molecule has 1 aromatic heterocycles. The first-order valence-electron chi connectivity index (χ1n) is 7.14. The van der Waals surface area contributed by atoms with E-state index >= 15 is 0 Å². The summed E-state index contributed by atoms with van der Waals surface area (Å²) in [7, 11) is 0. The lowest BCUT2D eigenvalue weighted by Crippen LogP contribution is -2.40. The van der Waals surface area contributed by atoms with Crippen molar-refractivity contribution in [3.63, 3.8) is 0 Å². The van der Waals surface area contributed by atoms with E-state index in [1.54, 1.807) is 11.8 Å². The van der Waals surface area contributed by atoms with E-state index in [4.69, 9.17) is 0 Å². The number of carbonyl (C=O) groups is 2. The Labute approximate surface area is 122 Å². The van der Waals surface area contributed by atoms with Gasteiger partial charge in [-0.15, -0.1) is 0 Å². The summed E-state index contributed by atoms with van der Waals surface area (Å²) in [5.41, 5.74) is 0.902. The number of aromatic nitrogens is 2. The lowest BCUT2D eigenvalue weighted by molar-refractivity contribution is -0.132. The second-order valence-electron chi connectivity index (χ2n) is 5.39. The number of benzene rings is 1. The highest BCUT2D eigenvalue weighted by Crippen LogP contribution is 2.23. The quantitative estimate of drug-likeness (QED) is 0.883. The van der Waals surface area contributed by atoms with Crippen molar-refractivity contribution in [2.75, 3.05) is 18.4 Å². The SMILES string of the molecule is CC(=O)N1CCC(C(=O)Nc2n[nH]c3ccccc23)CC1. The first-order chi connectivity index (χ1) is 10.1. The maximum absolute atomic E-state index is 12.3. The first kappa shape index (κ1) is 13.6. The van der Waals surface area contributed by atoms with E-state index in [9.17, 15) is 9.59 Å². The van der Waals surface area contributed by atoms with Gasteiger partial charge in [0.25, 0.3) is 0 Å². The molecule has 0 radical (unpaired) electrons. The van der Waals surface area contributed by atoms with Gasteiger partial charge in [-0.2, -0.15) is 5.10 Å². The van der Waals surface area contributed by atoms with Crippen molar-refractivity contribution in [3.05, 3.63) is 24.3 Å². The van der Waals surface area contributed by atoms with Gasteiger partial charge < -0.3 is 10.2 Å². The highest BCUT2D eigenvalue weighted by molar-refractivity contribution is 6.00. The molecule has 2 N–H and O–H groups in total. The van der Waals surface area contributed by atoms with Crippen molar-refractivity contribution < 1.29 is 9.59 Å². The molecule has 0 aliphatic carbocycles. The van der Waals surface area contributed by atoms with E-state index in [0.29, 0.717) is 31.7 Å². The topological polar surface area (TPSA) is 78.1 Å². The van der Waals surface area contributed by atoms with Crippen molar-refractivity contribution >= 4 is 28.5 Å². The van der Waals surface area contributed by atoms with Gasteiger partial charge in [0, 0.05) is 31.3 Å². The molecule has 0 bridgehead atoms. The van der Waals surface area contributed by atoms with Gasteiger partial charge in [0.1, 0.15) is 0 Å². The van der Waals surface area contributed by atoms with Gasteiger partial charge >= 0.3 is 0 Å². The lowest BCUT2D eigenvalue weighted by Gasteiger charge is -2.30. The maximum Gasteiger partial charge on any atom is 0.228 e. The van der Waals surface area contributed by atoms with Crippen LogP contribution in [0.5, 0.6) is 0 Å². The largest absolute Gasteiger partial charge is 0.343 e. The number of fused-ring (bicyclic) bond motifs is 1. The van der Waals surface area contributed by atoms with Crippen LogP contribution in [0.3, 0.4) is 0 Å². The number of anilines is 1. The summed E-state index contributed by atoms with van der Waals surface area (Å²) in [6.45, 7) is 2.86. The normalized spacial score (nSPS) is 16.1. The number of para-hydroxylation sites is 1. The minimum Gasteiger partial charge on any atom is -0.343 e. The van der Waals surface area contributed by atoms with Crippen molar-refractivity contribution in [2.24, 2.45) is 5.92 Å². The third-order valence-corrected chi connectivity index (χ3v) is 4.02. The number of piperidine rings is 1. The summed E-state index contributed by atoms with van der Waals surface area (Å²) in [4.78, 5) is 25.4. The molecule has 1 saturated heterocycles. The zero-order chi connectivity index (χ0) is 14.8. The predicted octanol–water partition coefficient (Wildman–Crippen LogP) is 1.76. The van der Waals surface area contributed by atoms with Crippen molar-refractivity contribution in [1.82, 2.24) is 15.1 Å². The Balaban J connectivity index is 1.66. The van der Waals surface area contributed by atoms with Gasteiger partial charge in [0.2, 0.25) is 11.8 Å². The number of nitrogens with one attached hydrogen (secondary N) is 2. The van der Waals surface area contributed by atoms with E-state index in [2.05, 4.69) is 15.5 Å². The third-order valence-electron chi connectivity index (χ3n) is 4.02. The zero-order valence-electron chi connectivity index (χ0n) is 11.9. The van der Waals surface area contributed by atoms with Crippen LogP contribution in [-0.4, -0.2) is 40.0 Å². The van der Waals surface area contributed by atoms with E-state index in [-0.39, 0.29) is 17.7 Å². The van der Waals surface area contributed by atoms with Crippen LogP contribution in [-0.2, 0) is 9.59 Å². The molecule has 6 nitrogen and oxygen atoms in total. The summed E-state index contributed by atoms with van der Waals surface area (Å²) in [6.07, 6.45) is 1.40. The van der Waals surface area contributed by atoms with Crippen LogP contribution in [0, 0.1) is 5.92 Å². The lowest BCUT2D eigenvalue weighted by atomic mass is 9.96. The summed E-state index contributed by atoms with van der Waals surface area (Å²) in [5.74, 6) is 0.572. The molecule has 110 valence electrons. The Morgan fingerprint density at radius 2 is 2.00 bits per heavy atom. The van der Waals surface area contributed by atoms with Crippen LogP contribution >= 0.6 is 0 Å². The second kappa shape index (κ2) is 5.55. The molecule has 1 fully saturated rings. The standard InChI is InChI=1S/C15H18N4O2/c1-10(20)19-8-6-11(7-9-19)15(21)16-14-12-4-2-3-5-13(12)17-18-14/h2-5,11H,6-9H2,1H3,(H2,16,17,18,21). The van der Waals surface area contributed by atoms with E-state index in [0.717, 1.165) is 10.9 Å². The van der Waals surface area contributed by atoms with E-state index < -0.39 is 0 Å². The average molecular weight is 286 g/mol. The smallest absolute Gasteiger partial charge is 0.228 e. The maximum atomic E-state index is 12.3. The number of aromatic amines is 1. The molecular weight excluding hydrogens is 268 g/mol. The van der Waals surface area contributed by atoms with Crippen molar-refractivity contribution in [3.8, 4) is 0 Å². The molecular formula is C15H18N4O2. The first-order valence-corrected chi connectivity index (χ1v) is 7.14. The molecule has 2 amide bonds. The Morgan fingerprint density at radius 1 is 1.29 bits per heavy atom. The number of H-pyrrole nitrogens is 1. The number of rotatable bonds is 2. The summed E-state index contributed by atoms with van der Waals surface area (Å²) in [5, 5.41) is 10.9. The van der Waals surface area contributed by atoms with E-state index in [1.807, 2.05) is 24.3 Å². The number of likely N-dealkylation sites (tertiary alicyclic amines) is 1. The van der Waals surface area contributed by atoms with Crippen molar-refractivity contribution in [2.45, 2.75) is 19.8 Å². The zero-order valence-corrected chi connectivity index (χ0v) is 11.9. The van der Waals surface area contributed by atoms with Crippen LogP contribution in [0.1, 0.15) is 19.8 Å². The second-order valence-corrected chi connectivity index (χ2v) is 5.39. The van der Waals surface area contributed by atoms with Crippen LogP contribution < -0.4 is 5.32 Å². The Morgan fingerprint density at radius 3 is 2.71 bits per heavy atom. The van der Waals surface area contributed by atoms with Crippen molar-refractivity contribution in [1.29, 1.82) is 0 Å². The van der Waals surface area contributed by atoms with Gasteiger partial charge in [0.15, 0.2) is 5.82 Å². The average Bonchev–Trinajstić information content (AvgIpc) is 2.91. The molecule has 2 heterocycles. The number of carbonyl (C=O) groups excluding carboxylic acids is 2. The molecule has 0 unspecified atom stereocenters. The minimum atomic E-state index is -0.0592. The molecule has 0 spiro atoms. The molecule has 0 saturated carbocycles. The minimum absolute atomic E-state index is 0.0181. The summed E-state index contributed by atoms with van der Waals surface area (Å²) < 4.78 is 0. The molecule has 6 heteroatoms. The number of hydrogen-bond donors (Lipinski definition) is 2. The van der Waals surface area contributed by atoms with Gasteiger partial charge in [-0.3, -0.25) is 14.7 Å². The third kappa shape index (κ3) is 2.74. The van der Waals surface area contributed by atoms with Gasteiger partial charge in [0.05, 0.1) is 5.52 Å². The Hall–Kier alpha value is -2.37. The van der Waals surface area contributed by atoms with E-state index in [1.165, 1.54) is 0 Å².